The molecule has 8 nitrogen and oxygen atoms in total. The molecule has 3 aromatic heterocycles. The van der Waals surface area contributed by atoms with Crippen LogP contribution in [0.2, 0.25) is 0 Å². The highest BCUT2D eigenvalue weighted by Gasteiger charge is 2.16. The zero-order valence-electron chi connectivity index (χ0n) is 16.6. The van der Waals surface area contributed by atoms with E-state index >= 15 is 0 Å². The van der Waals surface area contributed by atoms with E-state index in [9.17, 15) is 0 Å². The topological polar surface area (TPSA) is 67.9 Å². The number of aryl methyl sites for hydroxylation is 2. The van der Waals surface area contributed by atoms with Gasteiger partial charge in [-0.25, -0.2) is 15.0 Å². The second-order valence-corrected chi connectivity index (χ2v) is 6.99. The number of imidazole rings is 2. The average Bonchev–Trinajstić information content (AvgIpc) is 3.29. The molecule has 0 aliphatic rings. The molecule has 0 saturated heterocycles. The molecule has 0 atom stereocenters. The number of anilines is 2. The Balaban J connectivity index is 1.70. The van der Waals surface area contributed by atoms with Gasteiger partial charge in [0, 0.05) is 58.4 Å². The van der Waals surface area contributed by atoms with Crippen molar-refractivity contribution in [1.29, 1.82) is 0 Å². The second kappa shape index (κ2) is 7.30. The van der Waals surface area contributed by atoms with Crippen molar-refractivity contribution in [3.63, 3.8) is 0 Å². The molecular weight excluding hydrogens is 352 g/mol. The third-order valence-corrected chi connectivity index (χ3v) is 4.87. The van der Waals surface area contributed by atoms with Gasteiger partial charge in [0.2, 0.25) is 5.95 Å². The molecule has 144 valence electrons. The molecule has 0 fully saturated rings. The van der Waals surface area contributed by atoms with Gasteiger partial charge < -0.3 is 18.9 Å². The quantitative estimate of drug-likeness (QED) is 0.515. The van der Waals surface area contributed by atoms with Crippen molar-refractivity contribution in [2.75, 3.05) is 23.9 Å². The SMILES string of the molecule is CN(Cc1nccn1C)c1nc(N(C)Cc2nccn2C)c2ccccc2n1. The first-order chi connectivity index (χ1) is 13.5. The summed E-state index contributed by atoms with van der Waals surface area (Å²) < 4.78 is 4.03. The Morgan fingerprint density at radius 3 is 2.04 bits per heavy atom. The van der Waals surface area contributed by atoms with Gasteiger partial charge in [-0.2, -0.15) is 4.98 Å². The number of hydrogen-bond acceptors (Lipinski definition) is 6. The summed E-state index contributed by atoms with van der Waals surface area (Å²) in [6.07, 6.45) is 7.51. The van der Waals surface area contributed by atoms with Crippen LogP contribution in [0.4, 0.5) is 11.8 Å². The molecule has 0 amide bonds. The van der Waals surface area contributed by atoms with E-state index in [2.05, 4.69) is 20.9 Å². The Kier molecular flexibility index (Phi) is 4.68. The fourth-order valence-corrected chi connectivity index (χ4v) is 3.18. The van der Waals surface area contributed by atoms with E-state index < -0.39 is 0 Å². The molecule has 0 spiro atoms. The summed E-state index contributed by atoms with van der Waals surface area (Å²) in [4.78, 5) is 22.6. The van der Waals surface area contributed by atoms with Crippen molar-refractivity contribution in [3.8, 4) is 0 Å². The highest BCUT2D eigenvalue weighted by molar-refractivity contribution is 5.90. The fraction of sp³-hybridized carbons (Fsp3) is 0.300. The van der Waals surface area contributed by atoms with Crippen LogP contribution < -0.4 is 9.80 Å². The minimum absolute atomic E-state index is 0.629. The number of hydrogen-bond donors (Lipinski definition) is 0. The molecule has 0 bridgehead atoms. The Morgan fingerprint density at radius 1 is 0.821 bits per heavy atom. The van der Waals surface area contributed by atoms with Crippen molar-refractivity contribution in [2.45, 2.75) is 13.1 Å². The molecule has 28 heavy (non-hydrogen) atoms. The lowest BCUT2D eigenvalue weighted by molar-refractivity contribution is 0.740. The predicted octanol–water partition coefficient (Wildman–Crippen LogP) is 2.37. The lowest BCUT2D eigenvalue weighted by atomic mass is 10.2. The highest BCUT2D eigenvalue weighted by atomic mass is 15.3. The van der Waals surface area contributed by atoms with Crippen molar-refractivity contribution >= 4 is 22.7 Å². The van der Waals surface area contributed by atoms with Crippen LogP contribution >= 0.6 is 0 Å². The van der Waals surface area contributed by atoms with Crippen LogP contribution in [0.5, 0.6) is 0 Å². The van der Waals surface area contributed by atoms with Crippen LogP contribution in [0.1, 0.15) is 11.6 Å². The van der Waals surface area contributed by atoms with Gasteiger partial charge in [0.05, 0.1) is 18.6 Å². The van der Waals surface area contributed by atoms with Gasteiger partial charge in [-0.1, -0.05) is 12.1 Å². The minimum Gasteiger partial charge on any atom is -0.352 e. The summed E-state index contributed by atoms with van der Waals surface area (Å²) in [7, 11) is 8.01. The van der Waals surface area contributed by atoms with Crippen LogP contribution in [-0.2, 0) is 27.2 Å². The van der Waals surface area contributed by atoms with E-state index in [0.717, 1.165) is 28.4 Å². The first-order valence-electron chi connectivity index (χ1n) is 9.14. The van der Waals surface area contributed by atoms with Gasteiger partial charge >= 0.3 is 0 Å². The maximum absolute atomic E-state index is 4.89. The molecule has 1 aromatic carbocycles. The molecule has 3 heterocycles. The molecule has 0 N–H and O–H groups in total. The molecule has 0 aliphatic carbocycles. The van der Waals surface area contributed by atoms with Crippen LogP contribution in [0.15, 0.2) is 49.1 Å². The van der Waals surface area contributed by atoms with Crippen LogP contribution in [0.3, 0.4) is 0 Å². The first kappa shape index (κ1) is 18.0. The first-order valence-corrected chi connectivity index (χ1v) is 9.14. The van der Waals surface area contributed by atoms with Gasteiger partial charge in [0.25, 0.3) is 0 Å². The number of rotatable bonds is 6. The fourth-order valence-electron chi connectivity index (χ4n) is 3.18. The monoisotopic (exact) mass is 376 g/mol. The third kappa shape index (κ3) is 3.40. The third-order valence-electron chi connectivity index (χ3n) is 4.87. The maximum Gasteiger partial charge on any atom is 0.228 e. The van der Waals surface area contributed by atoms with E-state index in [-0.39, 0.29) is 0 Å². The summed E-state index contributed by atoms with van der Waals surface area (Å²) >= 11 is 0. The highest BCUT2D eigenvalue weighted by Crippen LogP contribution is 2.26. The normalized spacial score (nSPS) is 11.1. The Morgan fingerprint density at radius 2 is 1.43 bits per heavy atom. The molecule has 4 rings (SSSR count). The molecule has 0 radical (unpaired) electrons. The zero-order chi connectivity index (χ0) is 19.7. The summed E-state index contributed by atoms with van der Waals surface area (Å²) in [5, 5.41) is 1.02. The number of fused-ring (bicyclic) bond motifs is 1. The summed E-state index contributed by atoms with van der Waals surface area (Å²) in [5.41, 5.74) is 0.917. The average molecular weight is 376 g/mol. The second-order valence-electron chi connectivity index (χ2n) is 6.99. The number of aromatic nitrogens is 6. The van der Waals surface area contributed by atoms with Gasteiger partial charge in [-0.05, 0) is 12.1 Å². The van der Waals surface area contributed by atoms with E-state index in [1.165, 1.54) is 0 Å². The Labute approximate surface area is 164 Å². The summed E-state index contributed by atoms with van der Waals surface area (Å²) in [6, 6.07) is 8.09. The molecule has 0 aliphatic heterocycles. The lowest BCUT2D eigenvalue weighted by Gasteiger charge is -2.23. The summed E-state index contributed by atoms with van der Waals surface area (Å²) in [5.74, 6) is 3.49. The van der Waals surface area contributed by atoms with Crippen molar-refractivity contribution in [2.24, 2.45) is 14.1 Å². The number of para-hydroxylation sites is 1. The summed E-state index contributed by atoms with van der Waals surface area (Å²) in [6.45, 7) is 1.29. The van der Waals surface area contributed by atoms with Crippen molar-refractivity contribution in [3.05, 3.63) is 60.7 Å². The van der Waals surface area contributed by atoms with E-state index in [0.29, 0.717) is 19.0 Å². The number of benzene rings is 1. The van der Waals surface area contributed by atoms with Crippen molar-refractivity contribution < 1.29 is 0 Å². The molecule has 0 unspecified atom stereocenters. The van der Waals surface area contributed by atoms with E-state index in [4.69, 9.17) is 9.97 Å². The van der Waals surface area contributed by atoms with Crippen LogP contribution in [-0.4, -0.2) is 43.2 Å². The molecule has 0 saturated carbocycles. The van der Waals surface area contributed by atoms with Gasteiger partial charge in [-0.3, -0.25) is 0 Å². The van der Waals surface area contributed by atoms with Crippen LogP contribution in [0, 0.1) is 0 Å². The zero-order valence-corrected chi connectivity index (χ0v) is 16.6. The smallest absolute Gasteiger partial charge is 0.228 e. The molecular formula is C20H24N8. The van der Waals surface area contributed by atoms with Crippen LogP contribution in [0.25, 0.3) is 10.9 Å². The predicted molar refractivity (Wildman–Crippen MR) is 110 cm³/mol. The van der Waals surface area contributed by atoms with E-state index in [1.54, 1.807) is 6.20 Å². The Hall–Kier alpha value is -3.42. The van der Waals surface area contributed by atoms with Gasteiger partial charge in [0.1, 0.15) is 17.5 Å². The standard InChI is InChI=1S/C20H24N8/c1-25-11-9-21-17(25)13-27(3)19-15-7-5-6-8-16(15)23-20(24-19)28(4)14-18-22-10-12-26(18)2/h5-12H,13-14H2,1-4H3. The van der Waals surface area contributed by atoms with Gasteiger partial charge in [0.15, 0.2) is 0 Å². The largest absolute Gasteiger partial charge is 0.352 e. The van der Waals surface area contributed by atoms with Crippen molar-refractivity contribution in [1.82, 2.24) is 29.1 Å². The lowest BCUT2D eigenvalue weighted by Crippen LogP contribution is -2.24. The van der Waals surface area contributed by atoms with E-state index in [1.807, 2.05) is 79.0 Å². The molecule has 8 heteroatoms. The maximum atomic E-state index is 4.89. The minimum atomic E-state index is 0.629. The molecule has 4 aromatic rings. The number of nitrogens with zero attached hydrogens (tertiary/aromatic N) is 8. The Bertz CT molecular complexity index is 1100. The van der Waals surface area contributed by atoms with Gasteiger partial charge in [-0.15, -0.1) is 0 Å².